The average molecular weight is 347 g/mol. The van der Waals surface area contributed by atoms with Gasteiger partial charge in [-0.1, -0.05) is 30.3 Å². The first-order chi connectivity index (χ1) is 12.7. The number of carbonyl (C=O) groups is 2. The Morgan fingerprint density at radius 2 is 1.88 bits per heavy atom. The Kier molecular flexibility index (Phi) is 4.01. The number of amides is 1. The molecule has 1 amide bonds. The van der Waals surface area contributed by atoms with Gasteiger partial charge in [-0.05, 0) is 29.8 Å². The molecule has 2 heterocycles. The monoisotopic (exact) mass is 347 g/mol. The van der Waals surface area contributed by atoms with Gasteiger partial charge in [-0.15, -0.1) is 0 Å². The highest BCUT2D eigenvalue weighted by Crippen LogP contribution is 2.37. The number of benzene rings is 2. The van der Waals surface area contributed by atoms with Gasteiger partial charge in [-0.25, -0.2) is 9.78 Å². The van der Waals surface area contributed by atoms with E-state index in [2.05, 4.69) is 10.3 Å². The third kappa shape index (κ3) is 2.75. The van der Waals surface area contributed by atoms with Crippen LogP contribution in [-0.2, 0) is 9.53 Å². The molecule has 0 fully saturated rings. The van der Waals surface area contributed by atoms with Crippen molar-refractivity contribution in [3.63, 3.8) is 0 Å². The van der Waals surface area contributed by atoms with Crippen molar-refractivity contribution < 1.29 is 14.3 Å². The highest BCUT2D eigenvalue weighted by Gasteiger charge is 2.31. The Morgan fingerprint density at radius 1 is 1.15 bits per heavy atom. The van der Waals surface area contributed by atoms with Crippen molar-refractivity contribution in [2.75, 3.05) is 12.4 Å². The number of nitrogens with zero attached hydrogens (tertiary/aromatic N) is 2. The van der Waals surface area contributed by atoms with E-state index in [1.807, 2.05) is 47.0 Å². The molecule has 3 aromatic rings. The van der Waals surface area contributed by atoms with Crippen molar-refractivity contribution in [1.29, 1.82) is 0 Å². The molecule has 4 rings (SSSR count). The lowest BCUT2D eigenvalue weighted by Gasteiger charge is -2.23. The molecule has 1 N–H and O–H groups in total. The van der Waals surface area contributed by atoms with Crippen LogP contribution in [0.2, 0.25) is 0 Å². The summed E-state index contributed by atoms with van der Waals surface area (Å²) in [5.41, 5.74) is 3.17. The van der Waals surface area contributed by atoms with Gasteiger partial charge in [0.15, 0.2) is 0 Å². The summed E-state index contributed by atoms with van der Waals surface area (Å²) in [7, 11) is 1.35. The number of methoxy groups -OCH3 is 1. The molecule has 0 bridgehead atoms. The highest BCUT2D eigenvalue weighted by molar-refractivity contribution is 5.94. The first-order valence-electron chi connectivity index (χ1n) is 8.28. The van der Waals surface area contributed by atoms with Crippen molar-refractivity contribution in [2.24, 2.45) is 0 Å². The predicted molar refractivity (Wildman–Crippen MR) is 96.4 cm³/mol. The lowest BCUT2D eigenvalue weighted by atomic mass is 9.89. The minimum atomic E-state index is -0.382. The van der Waals surface area contributed by atoms with Crippen LogP contribution in [0.5, 0.6) is 0 Å². The van der Waals surface area contributed by atoms with Gasteiger partial charge in [0.1, 0.15) is 12.1 Å². The Hall–Kier alpha value is -3.41. The van der Waals surface area contributed by atoms with Gasteiger partial charge in [0, 0.05) is 18.0 Å². The van der Waals surface area contributed by atoms with Crippen molar-refractivity contribution in [3.8, 4) is 5.69 Å². The normalized spacial score (nSPS) is 15.9. The van der Waals surface area contributed by atoms with Gasteiger partial charge in [0.05, 0.1) is 18.4 Å². The Balaban J connectivity index is 1.73. The first kappa shape index (κ1) is 16.1. The molecule has 1 aliphatic rings. The molecule has 0 radical (unpaired) electrons. The van der Waals surface area contributed by atoms with E-state index in [4.69, 9.17) is 4.74 Å². The molecule has 6 heteroatoms. The number of esters is 1. The maximum atomic E-state index is 12.3. The number of imidazole rings is 1. The molecule has 1 aliphatic heterocycles. The van der Waals surface area contributed by atoms with E-state index in [-0.39, 0.29) is 17.8 Å². The molecule has 26 heavy (non-hydrogen) atoms. The molecule has 130 valence electrons. The summed E-state index contributed by atoms with van der Waals surface area (Å²) in [4.78, 5) is 28.5. The standard InChI is InChI=1S/C20H17N3O3/c1-26-20(25)14-9-7-13(8-10-14)16-11-17(24)22-19-18(16)21-12-23(19)15-5-3-2-4-6-15/h2-10,12,16H,11H2,1H3,(H,22,24)/t16-/m0/s1. The van der Waals surface area contributed by atoms with Gasteiger partial charge in [-0.3, -0.25) is 9.36 Å². The number of aromatic nitrogens is 2. The van der Waals surface area contributed by atoms with Crippen LogP contribution in [-0.4, -0.2) is 28.5 Å². The van der Waals surface area contributed by atoms with Crippen LogP contribution in [0.25, 0.3) is 5.69 Å². The van der Waals surface area contributed by atoms with Crippen LogP contribution in [0.1, 0.15) is 34.0 Å². The summed E-state index contributed by atoms with van der Waals surface area (Å²) in [5.74, 6) is 0.0918. The second-order valence-electron chi connectivity index (χ2n) is 6.10. The number of para-hydroxylation sites is 1. The second kappa shape index (κ2) is 6.48. The van der Waals surface area contributed by atoms with E-state index < -0.39 is 0 Å². The summed E-state index contributed by atoms with van der Waals surface area (Å²) in [6.07, 6.45) is 2.04. The maximum Gasteiger partial charge on any atom is 0.337 e. The van der Waals surface area contributed by atoms with E-state index in [1.165, 1.54) is 7.11 Å². The van der Waals surface area contributed by atoms with E-state index >= 15 is 0 Å². The number of ether oxygens (including phenoxy) is 1. The molecule has 0 spiro atoms. The number of hydrogen-bond donors (Lipinski definition) is 1. The fourth-order valence-electron chi connectivity index (χ4n) is 3.24. The Labute approximate surface area is 150 Å². The number of nitrogens with one attached hydrogen (secondary N) is 1. The van der Waals surface area contributed by atoms with Crippen LogP contribution in [0, 0.1) is 0 Å². The summed E-state index contributed by atoms with van der Waals surface area (Å²) in [6.45, 7) is 0. The zero-order chi connectivity index (χ0) is 18.1. The number of carbonyl (C=O) groups excluding carboxylic acids is 2. The van der Waals surface area contributed by atoms with Crippen LogP contribution in [0.15, 0.2) is 60.9 Å². The molecular formula is C20H17N3O3. The molecule has 0 unspecified atom stereocenters. The molecule has 1 atom stereocenters. The molecule has 1 aromatic heterocycles. The van der Waals surface area contributed by atoms with Crippen LogP contribution in [0.4, 0.5) is 5.82 Å². The molecule has 2 aromatic carbocycles. The lowest BCUT2D eigenvalue weighted by Crippen LogP contribution is -2.25. The molecule has 0 saturated heterocycles. The predicted octanol–water partition coefficient (Wildman–Crippen LogP) is 3.13. The third-order valence-electron chi connectivity index (χ3n) is 4.54. The largest absolute Gasteiger partial charge is 0.465 e. The summed E-state index contributed by atoms with van der Waals surface area (Å²) in [6, 6.07) is 16.9. The average Bonchev–Trinajstić information content (AvgIpc) is 3.11. The second-order valence-corrected chi connectivity index (χ2v) is 6.10. The maximum absolute atomic E-state index is 12.3. The van der Waals surface area contributed by atoms with Crippen molar-refractivity contribution in [3.05, 3.63) is 77.7 Å². The smallest absolute Gasteiger partial charge is 0.337 e. The SMILES string of the molecule is COC(=O)c1ccc([C@@H]2CC(=O)Nc3c2ncn3-c2ccccc2)cc1. The quantitative estimate of drug-likeness (QED) is 0.739. The Bertz CT molecular complexity index is 962. The minimum Gasteiger partial charge on any atom is -0.465 e. The first-order valence-corrected chi connectivity index (χ1v) is 8.28. The third-order valence-corrected chi connectivity index (χ3v) is 4.54. The zero-order valence-electron chi connectivity index (χ0n) is 14.2. The summed E-state index contributed by atoms with van der Waals surface area (Å²) < 4.78 is 6.61. The van der Waals surface area contributed by atoms with Crippen LogP contribution >= 0.6 is 0 Å². The van der Waals surface area contributed by atoms with Crippen LogP contribution < -0.4 is 5.32 Å². The van der Waals surface area contributed by atoms with E-state index in [0.717, 1.165) is 16.9 Å². The number of fused-ring (bicyclic) bond motifs is 1. The van der Waals surface area contributed by atoms with E-state index in [1.54, 1.807) is 18.5 Å². The summed E-state index contributed by atoms with van der Waals surface area (Å²) in [5, 5.41) is 2.93. The topological polar surface area (TPSA) is 73.2 Å². The van der Waals surface area contributed by atoms with Gasteiger partial charge in [0.25, 0.3) is 0 Å². The molecule has 0 aliphatic carbocycles. The molecule has 6 nitrogen and oxygen atoms in total. The fraction of sp³-hybridized carbons (Fsp3) is 0.150. The lowest BCUT2D eigenvalue weighted by molar-refractivity contribution is -0.116. The number of anilines is 1. The van der Waals surface area contributed by atoms with Crippen molar-refractivity contribution in [2.45, 2.75) is 12.3 Å². The highest BCUT2D eigenvalue weighted by atomic mass is 16.5. The number of hydrogen-bond acceptors (Lipinski definition) is 4. The minimum absolute atomic E-state index is 0.0581. The van der Waals surface area contributed by atoms with Crippen molar-refractivity contribution in [1.82, 2.24) is 9.55 Å². The van der Waals surface area contributed by atoms with Crippen LogP contribution in [0.3, 0.4) is 0 Å². The van der Waals surface area contributed by atoms with Gasteiger partial charge in [-0.2, -0.15) is 0 Å². The van der Waals surface area contributed by atoms with Gasteiger partial charge in [0.2, 0.25) is 5.91 Å². The molecule has 0 saturated carbocycles. The molecular weight excluding hydrogens is 330 g/mol. The summed E-state index contributed by atoms with van der Waals surface area (Å²) >= 11 is 0. The zero-order valence-corrected chi connectivity index (χ0v) is 14.2. The van der Waals surface area contributed by atoms with E-state index in [0.29, 0.717) is 17.8 Å². The Morgan fingerprint density at radius 3 is 2.58 bits per heavy atom. The fourth-order valence-corrected chi connectivity index (χ4v) is 3.24. The van der Waals surface area contributed by atoms with E-state index in [9.17, 15) is 9.59 Å². The van der Waals surface area contributed by atoms with Crippen molar-refractivity contribution >= 4 is 17.7 Å². The number of rotatable bonds is 3. The van der Waals surface area contributed by atoms with Gasteiger partial charge >= 0.3 is 5.97 Å². The van der Waals surface area contributed by atoms with Gasteiger partial charge < -0.3 is 10.1 Å².